The Kier molecular flexibility index (Phi) is 24.3. The molecule has 1 saturated carbocycles. The Morgan fingerprint density at radius 2 is 1.30 bits per heavy atom. The van der Waals surface area contributed by atoms with Crippen LogP contribution in [0, 0.1) is 11.8 Å². The van der Waals surface area contributed by atoms with Crippen molar-refractivity contribution in [3.63, 3.8) is 0 Å². The van der Waals surface area contributed by atoms with E-state index in [0.29, 0.717) is 36.7 Å². The van der Waals surface area contributed by atoms with Crippen LogP contribution in [0.5, 0.6) is 5.75 Å². The summed E-state index contributed by atoms with van der Waals surface area (Å²) in [6.45, 7) is 6.04. The lowest BCUT2D eigenvalue weighted by molar-refractivity contribution is -0.141. The first-order chi connectivity index (χ1) is 37.3. The lowest BCUT2D eigenvalue weighted by Gasteiger charge is -2.42. The van der Waals surface area contributed by atoms with Crippen LogP contribution in [0.4, 0.5) is 4.79 Å². The monoisotopic (exact) mass is 1120 g/mol. The number of nitrogens with one attached hydrogen (secondary N) is 6. The van der Waals surface area contributed by atoms with E-state index in [1.165, 1.54) is 14.2 Å². The van der Waals surface area contributed by atoms with E-state index in [4.69, 9.17) is 57.5 Å². The summed E-state index contributed by atoms with van der Waals surface area (Å²) in [7, 11) is 2.95. The number of amides is 7. The number of methoxy groups -OCH3 is 2. The van der Waals surface area contributed by atoms with Crippen LogP contribution >= 0.6 is 0 Å². The number of hydrogen-bond acceptors (Lipinski definition) is 16. The number of epoxide rings is 2. The molecule has 440 valence electrons. The van der Waals surface area contributed by atoms with E-state index in [2.05, 4.69) is 55.7 Å². The third-order valence-corrected chi connectivity index (χ3v) is 13.9. The zero-order valence-electron chi connectivity index (χ0n) is 45.3. The van der Waals surface area contributed by atoms with E-state index >= 15 is 0 Å². The van der Waals surface area contributed by atoms with Gasteiger partial charge in [0.15, 0.2) is 11.9 Å². The van der Waals surface area contributed by atoms with Crippen molar-refractivity contribution in [1.29, 1.82) is 0 Å². The van der Waals surface area contributed by atoms with Gasteiger partial charge in [0.2, 0.25) is 35.4 Å². The molecule has 0 bridgehead atoms. The van der Waals surface area contributed by atoms with E-state index in [-0.39, 0.29) is 75.6 Å². The van der Waals surface area contributed by atoms with Gasteiger partial charge in [0, 0.05) is 33.0 Å². The summed E-state index contributed by atoms with van der Waals surface area (Å²) in [6.07, 6.45) is -1.72. The quantitative estimate of drug-likeness (QED) is 0.0147. The molecule has 1 spiro atoms. The largest absolute Gasteiger partial charge is 0.497 e. The highest BCUT2D eigenvalue weighted by Crippen LogP contribution is 2.59. The maximum atomic E-state index is 14.2. The van der Waals surface area contributed by atoms with Crippen molar-refractivity contribution in [2.45, 2.75) is 158 Å². The molecule has 2 saturated heterocycles. The minimum absolute atomic E-state index is 0.00520. The molecule has 0 unspecified atom stereocenters. The fourth-order valence-corrected chi connectivity index (χ4v) is 9.63. The highest BCUT2D eigenvalue weighted by Gasteiger charge is 2.72. The molecule has 29 heteroatoms. The summed E-state index contributed by atoms with van der Waals surface area (Å²) < 4.78 is 29.5. The second-order valence-electron chi connectivity index (χ2n) is 20.4. The highest BCUT2D eigenvalue weighted by molar-refractivity contribution is 5.97. The number of aliphatic imine (C=N–C) groups is 2. The molecule has 0 radical (unpaired) electrons. The summed E-state index contributed by atoms with van der Waals surface area (Å²) in [6, 6.07) is -1.40. The number of primary amides is 1. The molecule has 4 rings (SSSR count). The number of benzene rings is 1. The number of carbonyl (C=O) groups is 9. The number of rotatable bonds is 34. The zero-order chi connectivity index (χ0) is 58.6. The number of aliphatic carboxylic acids is 2. The van der Waals surface area contributed by atoms with E-state index in [1.54, 1.807) is 24.3 Å². The second kappa shape index (κ2) is 30.0. The minimum atomic E-state index is -1.86. The van der Waals surface area contributed by atoms with Gasteiger partial charge < -0.3 is 94.5 Å². The standard InChI is InChI=1S/C50H79N13O16/c1-26(2)10-16-35-49(3,79-35)40-39(76-5)34(18-19-50(40)25-77-50)78-48(74)63-30(8-6-20-56-46(52)53)42(70)58-24-36(64)59-33(23-38(67)68)45(73)62-32(22-27-11-13-28(75-4)14-12-27)44(72)61-31(9-7-21-57-47(54)55)43(71)60-29(41(51)69)15-17-37(65)66/h11-14,26,29-35,39-40H,6-10,15-25H2,1-5H3,(H2,51,69)(H,58,70)(H,59,64)(H,60,71)(H,61,72)(H,62,73)(H,63,74)(H,65,66)(H,67,68)(H4,52,53,56)(H4,54,55,57)/t29-,30-,31-,32-,33-,34+,35+,39+,40+,49+,50-/m0/s1. The molecule has 0 aromatic heterocycles. The van der Waals surface area contributed by atoms with Crippen molar-refractivity contribution in [1.82, 2.24) is 31.9 Å². The average Bonchev–Trinajstić information content (AvgIpc) is 4.50. The van der Waals surface area contributed by atoms with Gasteiger partial charge in [-0.15, -0.1) is 0 Å². The van der Waals surface area contributed by atoms with Gasteiger partial charge in [-0.1, -0.05) is 26.0 Å². The minimum Gasteiger partial charge on any atom is -0.497 e. The lowest BCUT2D eigenvalue weighted by atomic mass is 9.68. The Labute approximate surface area is 457 Å². The third-order valence-electron chi connectivity index (χ3n) is 13.9. The third kappa shape index (κ3) is 20.3. The van der Waals surface area contributed by atoms with Gasteiger partial charge >= 0.3 is 18.0 Å². The molecule has 1 aromatic rings. The number of guanidine groups is 2. The fraction of sp³-hybridized carbons (Fsp3) is 0.660. The molecule has 18 N–H and O–H groups in total. The number of alkyl carbamates (subject to hydrolysis) is 1. The summed E-state index contributed by atoms with van der Waals surface area (Å²) in [4.78, 5) is 126. The summed E-state index contributed by atoms with van der Waals surface area (Å²) in [5, 5.41) is 33.6. The number of nitrogens with zero attached hydrogens (tertiary/aromatic N) is 2. The molecule has 3 fully saturated rings. The Hall–Kier alpha value is -7.53. The van der Waals surface area contributed by atoms with E-state index in [1.807, 2.05) is 6.92 Å². The number of carboxylic acids is 2. The SMILES string of the molecule is COc1ccc(C[C@H](NC(=O)[C@H](CC(=O)O)NC(=O)CNC(=O)[C@H](CCCN=C(N)N)NC(=O)O[C@@H]2CC[C@]3(CO3)[C@@H]([C@]3(C)O[C@@H]3CCC(C)C)[C@@H]2OC)C(=O)N[C@@H](CCCN=C(N)N)C(=O)N[C@@H](CCC(=O)O)C(N)=O)cc1. The molecule has 11 atom stereocenters. The summed E-state index contributed by atoms with van der Waals surface area (Å²) in [5.74, 6) is -8.70. The second-order valence-corrected chi connectivity index (χ2v) is 20.4. The van der Waals surface area contributed by atoms with Crippen LogP contribution in [-0.4, -0.2) is 176 Å². The van der Waals surface area contributed by atoms with Crippen molar-refractivity contribution in [3.05, 3.63) is 29.8 Å². The first-order valence-electron chi connectivity index (χ1n) is 26.1. The van der Waals surface area contributed by atoms with Gasteiger partial charge in [0.25, 0.3) is 0 Å². The Bertz CT molecular complexity index is 2360. The zero-order valence-corrected chi connectivity index (χ0v) is 45.3. The first-order valence-corrected chi connectivity index (χ1v) is 26.1. The van der Waals surface area contributed by atoms with Crippen LogP contribution < -0.4 is 65.3 Å². The van der Waals surface area contributed by atoms with Crippen molar-refractivity contribution in [3.8, 4) is 5.75 Å². The van der Waals surface area contributed by atoms with Crippen LogP contribution in [0.25, 0.3) is 0 Å². The number of hydrogen-bond donors (Lipinski definition) is 13. The molecule has 1 aliphatic carbocycles. The van der Waals surface area contributed by atoms with Crippen LogP contribution in [0.15, 0.2) is 34.3 Å². The molecule has 3 aliphatic rings. The smallest absolute Gasteiger partial charge is 0.408 e. The van der Waals surface area contributed by atoms with Crippen molar-refractivity contribution in [2.75, 3.05) is 40.5 Å². The predicted octanol–water partition coefficient (Wildman–Crippen LogP) is -2.52. The maximum absolute atomic E-state index is 14.2. The number of nitrogens with two attached hydrogens (primary N) is 5. The van der Waals surface area contributed by atoms with Crippen molar-refractivity contribution in [2.24, 2.45) is 50.5 Å². The number of carbonyl (C=O) groups excluding carboxylic acids is 7. The van der Waals surface area contributed by atoms with E-state index in [9.17, 15) is 48.3 Å². The van der Waals surface area contributed by atoms with Gasteiger partial charge in [-0.2, -0.15) is 0 Å². The Morgan fingerprint density at radius 1 is 0.734 bits per heavy atom. The Morgan fingerprint density at radius 3 is 1.84 bits per heavy atom. The molecule has 1 aromatic carbocycles. The number of carboxylic acid groups (broad SMARTS) is 2. The van der Waals surface area contributed by atoms with E-state index < -0.39 is 126 Å². The fourth-order valence-electron chi connectivity index (χ4n) is 9.63. The molecule has 29 nitrogen and oxygen atoms in total. The van der Waals surface area contributed by atoms with Gasteiger partial charge in [0.05, 0.1) is 38.7 Å². The van der Waals surface area contributed by atoms with Crippen LogP contribution in [0.2, 0.25) is 0 Å². The average molecular weight is 1120 g/mol. The topological polar surface area (TPSA) is 474 Å². The van der Waals surface area contributed by atoms with Crippen LogP contribution in [-0.2, 0) is 63.7 Å². The molecule has 2 aliphatic heterocycles. The molecular weight excluding hydrogens is 1040 g/mol. The van der Waals surface area contributed by atoms with Gasteiger partial charge in [0.1, 0.15) is 59.4 Å². The molecule has 79 heavy (non-hydrogen) atoms. The first kappa shape index (κ1) is 64.0. The van der Waals surface area contributed by atoms with Crippen molar-refractivity contribution >= 4 is 65.4 Å². The molecule has 7 amide bonds. The van der Waals surface area contributed by atoms with Gasteiger partial charge in [-0.25, -0.2) is 4.79 Å². The predicted molar refractivity (Wildman–Crippen MR) is 282 cm³/mol. The number of ether oxygens (including phenoxy) is 5. The maximum Gasteiger partial charge on any atom is 0.408 e. The highest BCUT2D eigenvalue weighted by atomic mass is 16.6. The normalized spacial score (nSPS) is 22.7. The molecular formula is C50H79N13O16. The summed E-state index contributed by atoms with van der Waals surface area (Å²) in [5.41, 5.74) is 26.7. The molecule has 2 heterocycles. The van der Waals surface area contributed by atoms with Crippen molar-refractivity contribution < 1.29 is 77.0 Å². The van der Waals surface area contributed by atoms with E-state index in [0.717, 1.165) is 12.8 Å². The van der Waals surface area contributed by atoms with Gasteiger partial charge in [-0.3, -0.25) is 48.3 Å². The Balaban J connectivity index is 1.49. The van der Waals surface area contributed by atoms with Crippen LogP contribution in [0.3, 0.4) is 0 Å². The summed E-state index contributed by atoms with van der Waals surface area (Å²) >= 11 is 0. The van der Waals surface area contributed by atoms with Gasteiger partial charge in [-0.05, 0) is 88.3 Å². The lowest BCUT2D eigenvalue weighted by Crippen LogP contribution is -2.59. The van der Waals surface area contributed by atoms with Crippen LogP contribution in [0.1, 0.15) is 97.0 Å².